The average Bonchev–Trinajstić information content (AvgIpc) is 2.48. The van der Waals surface area contributed by atoms with E-state index in [4.69, 9.17) is 5.11 Å². The molecule has 1 aromatic carbocycles. The third-order valence-electron chi connectivity index (χ3n) is 3.03. The zero-order valence-electron chi connectivity index (χ0n) is 10.4. The van der Waals surface area contributed by atoms with Gasteiger partial charge >= 0.3 is 5.97 Å². The van der Waals surface area contributed by atoms with Gasteiger partial charge in [0.25, 0.3) is 0 Å². The van der Waals surface area contributed by atoms with Crippen LogP contribution in [-0.2, 0) is 0 Å². The fraction of sp³-hybridized carbons (Fsp3) is 0. The maximum Gasteiger partial charge on any atom is 0.341 e. The normalized spacial score (nSPS) is 10.6. The van der Waals surface area contributed by atoms with Gasteiger partial charge in [0, 0.05) is 18.1 Å². The molecule has 0 fully saturated rings. The Kier molecular flexibility index (Phi) is 2.80. The largest absolute Gasteiger partial charge is 0.477 e. The molecule has 5 nitrogen and oxygen atoms in total. The first kappa shape index (κ1) is 12.1. The smallest absolute Gasteiger partial charge is 0.341 e. The van der Waals surface area contributed by atoms with E-state index in [-0.39, 0.29) is 10.9 Å². The molecule has 2 aromatic heterocycles. The molecule has 0 aliphatic rings. The molecule has 0 aliphatic heterocycles. The Balaban J connectivity index is 2.46. The monoisotopic (exact) mass is 266 g/mol. The molecule has 0 amide bonds. The number of hydrogen-bond donors (Lipinski definition) is 1. The Morgan fingerprint density at radius 3 is 2.55 bits per heavy atom. The minimum atomic E-state index is -1.24. The van der Waals surface area contributed by atoms with Gasteiger partial charge < -0.3 is 9.67 Å². The Labute approximate surface area is 113 Å². The number of pyridine rings is 2. The fourth-order valence-corrected chi connectivity index (χ4v) is 2.10. The lowest BCUT2D eigenvalue weighted by atomic mass is 10.2. The number of fused-ring (bicyclic) bond motifs is 1. The van der Waals surface area contributed by atoms with Gasteiger partial charge in [0.2, 0.25) is 5.43 Å². The number of carboxylic acid groups (broad SMARTS) is 1. The maximum atomic E-state index is 12.1. The fourth-order valence-electron chi connectivity index (χ4n) is 2.10. The summed E-state index contributed by atoms with van der Waals surface area (Å²) in [5.41, 5.74) is 0.398. The van der Waals surface area contributed by atoms with Crippen LogP contribution in [0.4, 0.5) is 0 Å². The molecule has 0 spiro atoms. The number of aromatic nitrogens is 2. The van der Waals surface area contributed by atoms with Crippen LogP contribution in [0.25, 0.3) is 16.7 Å². The van der Waals surface area contributed by atoms with E-state index >= 15 is 0 Å². The van der Waals surface area contributed by atoms with Crippen LogP contribution < -0.4 is 5.43 Å². The molecule has 0 atom stereocenters. The van der Waals surface area contributed by atoms with E-state index in [1.165, 1.54) is 6.20 Å². The van der Waals surface area contributed by atoms with Crippen molar-refractivity contribution < 1.29 is 9.90 Å². The number of nitrogens with zero attached hydrogens (tertiary/aromatic N) is 2. The summed E-state index contributed by atoms with van der Waals surface area (Å²) in [6, 6.07) is 12.4. The van der Waals surface area contributed by atoms with Crippen molar-refractivity contribution in [3.8, 4) is 5.69 Å². The highest BCUT2D eigenvalue weighted by Crippen LogP contribution is 2.15. The Morgan fingerprint density at radius 2 is 1.85 bits per heavy atom. The van der Waals surface area contributed by atoms with Crippen LogP contribution in [0, 0.1) is 0 Å². The quantitative estimate of drug-likeness (QED) is 0.770. The summed E-state index contributed by atoms with van der Waals surface area (Å²) < 4.78 is 1.61. The zero-order valence-corrected chi connectivity index (χ0v) is 10.4. The minimum absolute atomic E-state index is 0.269. The highest BCUT2D eigenvalue weighted by atomic mass is 16.4. The van der Waals surface area contributed by atoms with E-state index < -0.39 is 11.4 Å². The summed E-state index contributed by atoms with van der Waals surface area (Å²) in [6.07, 6.45) is 2.89. The third kappa shape index (κ3) is 1.85. The van der Waals surface area contributed by atoms with E-state index in [1.54, 1.807) is 22.9 Å². The molecule has 0 saturated carbocycles. The van der Waals surface area contributed by atoms with Gasteiger partial charge in [-0.1, -0.05) is 18.2 Å². The van der Waals surface area contributed by atoms with Crippen molar-refractivity contribution in [1.82, 2.24) is 9.55 Å². The van der Waals surface area contributed by atoms with Crippen molar-refractivity contribution >= 4 is 17.0 Å². The number of benzene rings is 1. The van der Waals surface area contributed by atoms with Gasteiger partial charge in [-0.15, -0.1) is 0 Å². The van der Waals surface area contributed by atoms with E-state index in [0.29, 0.717) is 5.65 Å². The van der Waals surface area contributed by atoms with Crippen molar-refractivity contribution in [2.75, 3.05) is 0 Å². The van der Waals surface area contributed by atoms with Gasteiger partial charge in [-0.05, 0) is 24.3 Å². The van der Waals surface area contributed by atoms with Crippen LogP contribution in [0.15, 0.2) is 59.7 Å². The number of hydrogen-bond acceptors (Lipinski definition) is 3. The Morgan fingerprint density at radius 1 is 1.10 bits per heavy atom. The van der Waals surface area contributed by atoms with Crippen LogP contribution in [0.1, 0.15) is 10.4 Å². The molecule has 20 heavy (non-hydrogen) atoms. The van der Waals surface area contributed by atoms with Crippen LogP contribution in [0.5, 0.6) is 0 Å². The molecule has 2 heterocycles. The maximum absolute atomic E-state index is 12.1. The molecule has 3 aromatic rings. The number of para-hydroxylation sites is 1. The molecular formula is C15H10N2O3. The van der Waals surface area contributed by atoms with Gasteiger partial charge in [0.05, 0.1) is 5.39 Å². The number of aromatic carboxylic acids is 1. The predicted octanol–water partition coefficient (Wildman–Crippen LogP) is 2.08. The Hall–Kier alpha value is -2.95. The Bertz CT molecular complexity index is 854. The second kappa shape index (κ2) is 4.62. The van der Waals surface area contributed by atoms with Gasteiger partial charge in [-0.2, -0.15) is 0 Å². The number of carbonyl (C=O) groups is 1. The van der Waals surface area contributed by atoms with E-state index in [2.05, 4.69) is 4.98 Å². The van der Waals surface area contributed by atoms with Gasteiger partial charge in [-0.25, -0.2) is 9.78 Å². The van der Waals surface area contributed by atoms with E-state index in [0.717, 1.165) is 5.69 Å². The molecule has 98 valence electrons. The molecule has 0 bridgehead atoms. The third-order valence-corrected chi connectivity index (χ3v) is 3.03. The van der Waals surface area contributed by atoms with Crippen molar-refractivity contribution in [2.24, 2.45) is 0 Å². The predicted molar refractivity (Wildman–Crippen MR) is 74.3 cm³/mol. The lowest BCUT2D eigenvalue weighted by molar-refractivity contribution is 0.0695. The van der Waals surface area contributed by atoms with Crippen LogP contribution >= 0.6 is 0 Å². The summed E-state index contributed by atoms with van der Waals surface area (Å²) in [4.78, 5) is 27.5. The van der Waals surface area contributed by atoms with Gasteiger partial charge in [0.1, 0.15) is 11.2 Å². The number of carboxylic acids is 1. The minimum Gasteiger partial charge on any atom is -0.477 e. The molecule has 0 unspecified atom stereocenters. The first-order chi connectivity index (χ1) is 9.68. The molecule has 0 radical (unpaired) electrons. The highest BCUT2D eigenvalue weighted by molar-refractivity contribution is 5.92. The topological polar surface area (TPSA) is 72.2 Å². The summed E-state index contributed by atoms with van der Waals surface area (Å²) in [5, 5.41) is 9.45. The molecule has 1 N–H and O–H groups in total. The highest BCUT2D eigenvalue weighted by Gasteiger charge is 2.15. The SMILES string of the molecule is O=C(O)c1cn(-c2ccccc2)c2ncccc2c1=O. The van der Waals surface area contributed by atoms with Crippen molar-refractivity contribution in [2.45, 2.75) is 0 Å². The first-order valence-electron chi connectivity index (χ1n) is 5.97. The standard InChI is InChI=1S/C15H10N2O3/c18-13-11-7-4-8-16-14(11)17(9-12(13)15(19)20)10-5-2-1-3-6-10/h1-9H,(H,19,20). The van der Waals surface area contributed by atoms with Gasteiger partial charge in [0.15, 0.2) is 0 Å². The molecule has 0 aliphatic carbocycles. The van der Waals surface area contributed by atoms with Crippen molar-refractivity contribution in [3.05, 3.63) is 70.6 Å². The lowest BCUT2D eigenvalue weighted by Crippen LogP contribution is -2.18. The molecule has 3 rings (SSSR count). The van der Waals surface area contributed by atoms with Crippen LogP contribution in [-0.4, -0.2) is 20.6 Å². The summed E-state index contributed by atoms with van der Waals surface area (Å²) in [6.45, 7) is 0. The molecule has 5 heteroatoms. The van der Waals surface area contributed by atoms with E-state index in [1.807, 2.05) is 30.3 Å². The van der Waals surface area contributed by atoms with E-state index in [9.17, 15) is 9.59 Å². The lowest BCUT2D eigenvalue weighted by Gasteiger charge is -2.11. The van der Waals surface area contributed by atoms with Crippen molar-refractivity contribution in [1.29, 1.82) is 0 Å². The van der Waals surface area contributed by atoms with Crippen molar-refractivity contribution in [3.63, 3.8) is 0 Å². The first-order valence-corrected chi connectivity index (χ1v) is 5.97. The zero-order chi connectivity index (χ0) is 14.1. The second-order valence-corrected chi connectivity index (χ2v) is 4.26. The second-order valence-electron chi connectivity index (χ2n) is 4.26. The van der Waals surface area contributed by atoms with Gasteiger partial charge in [-0.3, -0.25) is 4.79 Å². The summed E-state index contributed by atoms with van der Waals surface area (Å²) in [7, 11) is 0. The molecular weight excluding hydrogens is 256 g/mol. The summed E-state index contributed by atoms with van der Waals surface area (Å²) >= 11 is 0. The number of rotatable bonds is 2. The van der Waals surface area contributed by atoms with Crippen LogP contribution in [0.2, 0.25) is 0 Å². The summed E-state index contributed by atoms with van der Waals surface area (Å²) in [5.74, 6) is -1.24. The molecule has 0 saturated heterocycles. The average molecular weight is 266 g/mol. The van der Waals surface area contributed by atoms with Crippen LogP contribution in [0.3, 0.4) is 0 Å².